The minimum absolute atomic E-state index is 0.303. The van der Waals surface area contributed by atoms with Crippen LogP contribution in [0.3, 0.4) is 0 Å². The van der Waals surface area contributed by atoms with Gasteiger partial charge in [0, 0.05) is 33.9 Å². The number of ether oxygens (including phenoxy) is 1. The van der Waals surface area contributed by atoms with Crippen LogP contribution in [0.15, 0.2) is 53.3 Å². The van der Waals surface area contributed by atoms with Gasteiger partial charge in [-0.1, -0.05) is 23.2 Å². The zero-order chi connectivity index (χ0) is 19.7. The average molecular weight is 416 g/mol. The van der Waals surface area contributed by atoms with E-state index in [1.165, 1.54) is 0 Å². The van der Waals surface area contributed by atoms with Crippen molar-refractivity contribution in [3.63, 3.8) is 0 Å². The lowest BCUT2D eigenvalue weighted by atomic mass is 10.2. The number of halogens is 2. The Balaban J connectivity index is 1.55. The van der Waals surface area contributed by atoms with Gasteiger partial charge < -0.3 is 14.1 Å². The fourth-order valence-corrected chi connectivity index (χ4v) is 3.38. The highest BCUT2D eigenvalue weighted by molar-refractivity contribution is 6.35. The van der Waals surface area contributed by atoms with Crippen LogP contribution in [0.2, 0.25) is 10.0 Å². The van der Waals surface area contributed by atoms with E-state index in [4.69, 9.17) is 32.4 Å². The van der Waals surface area contributed by atoms with E-state index in [-0.39, 0.29) is 6.10 Å². The number of benzene rings is 2. The molecule has 0 saturated carbocycles. The number of nitrogens with zero attached hydrogens (tertiary/aromatic N) is 2. The van der Waals surface area contributed by atoms with Crippen molar-refractivity contribution in [2.45, 2.75) is 19.4 Å². The van der Waals surface area contributed by atoms with Crippen LogP contribution in [0.5, 0.6) is 0 Å². The van der Waals surface area contributed by atoms with Crippen LogP contribution in [-0.4, -0.2) is 27.0 Å². The first-order chi connectivity index (χ1) is 13.5. The summed E-state index contributed by atoms with van der Waals surface area (Å²) in [7, 11) is 0. The summed E-state index contributed by atoms with van der Waals surface area (Å²) >= 11 is 12.1. The Morgan fingerprint density at radius 1 is 1.21 bits per heavy atom. The number of H-pyrrole nitrogens is 1. The van der Waals surface area contributed by atoms with Gasteiger partial charge in [-0.2, -0.15) is 0 Å². The maximum Gasteiger partial charge on any atom is 0.338 e. The normalized spacial score (nSPS) is 12.2. The Labute approximate surface area is 170 Å². The molecule has 8 heteroatoms. The second kappa shape index (κ2) is 7.66. The van der Waals surface area contributed by atoms with E-state index >= 15 is 0 Å². The Bertz CT molecular complexity index is 1120. The molecule has 0 radical (unpaired) electrons. The van der Waals surface area contributed by atoms with Crippen LogP contribution in [0.25, 0.3) is 22.6 Å². The largest absolute Gasteiger partial charge is 0.459 e. The summed E-state index contributed by atoms with van der Waals surface area (Å²) in [5, 5.41) is 0.973. The molecule has 0 saturated heterocycles. The summed E-state index contributed by atoms with van der Waals surface area (Å²) in [6, 6.07) is 10.0. The standard InChI is InChI=1S/C20H15Cl2N3O3/c1-11(4-16-9-23-10-24-16)27-20(26)12-2-3-17-18(7-12)28-19(25-17)13-5-14(21)8-15(22)6-13/h2-3,5-11H,4H2,1H3,(H,23,24). The highest BCUT2D eigenvalue weighted by Gasteiger charge is 2.16. The minimum Gasteiger partial charge on any atom is -0.459 e. The van der Waals surface area contributed by atoms with Gasteiger partial charge in [-0.15, -0.1) is 0 Å². The minimum atomic E-state index is -0.433. The number of rotatable bonds is 5. The number of aromatic amines is 1. The molecule has 28 heavy (non-hydrogen) atoms. The van der Waals surface area contributed by atoms with Gasteiger partial charge in [-0.05, 0) is 43.3 Å². The van der Waals surface area contributed by atoms with Crippen LogP contribution in [-0.2, 0) is 11.2 Å². The molecule has 2 aromatic heterocycles. The number of nitrogens with one attached hydrogen (secondary N) is 1. The van der Waals surface area contributed by atoms with E-state index in [1.54, 1.807) is 48.9 Å². The van der Waals surface area contributed by atoms with Crippen molar-refractivity contribution in [1.82, 2.24) is 15.0 Å². The van der Waals surface area contributed by atoms with Crippen LogP contribution < -0.4 is 0 Å². The van der Waals surface area contributed by atoms with E-state index < -0.39 is 5.97 Å². The average Bonchev–Trinajstić information content (AvgIpc) is 3.29. The summed E-state index contributed by atoms with van der Waals surface area (Å²) in [6.07, 6.45) is 3.54. The van der Waals surface area contributed by atoms with Crippen LogP contribution in [0.4, 0.5) is 0 Å². The molecule has 0 fully saturated rings. The Kier molecular flexibility index (Phi) is 5.07. The molecule has 4 rings (SSSR count). The maximum atomic E-state index is 12.4. The van der Waals surface area contributed by atoms with Crippen molar-refractivity contribution < 1.29 is 13.9 Å². The summed E-state index contributed by atoms with van der Waals surface area (Å²) in [5.41, 5.74) is 3.03. The molecular formula is C20H15Cl2N3O3. The molecule has 0 aliphatic carbocycles. The van der Waals surface area contributed by atoms with Gasteiger partial charge in [-0.25, -0.2) is 14.8 Å². The molecule has 0 spiro atoms. The van der Waals surface area contributed by atoms with E-state index in [9.17, 15) is 4.79 Å². The van der Waals surface area contributed by atoms with Crippen LogP contribution in [0.1, 0.15) is 23.0 Å². The van der Waals surface area contributed by atoms with Gasteiger partial charge in [0.2, 0.25) is 5.89 Å². The quantitative estimate of drug-likeness (QED) is 0.446. The molecule has 142 valence electrons. The Hall–Kier alpha value is -2.83. The first-order valence-corrected chi connectivity index (χ1v) is 9.29. The van der Waals surface area contributed by atoms with Crippen LogP contribution >= 0.6 is 23.2 Å². The number of esters is 1. The smallest absolute Gasteiger partial charge is 0.338 e. The number of imidazole rings is 1. The lowest BCUT2D eigenvalue weighted by Crippen LogP contribution is -2.17. The monoisotopic (exact) mass is 415 g/mol. The summed E-state index contributed by atoms with van der Waals surface area (Å²) in [6.45, 7) is 1.83. The third kappa shape index (κ3) is 4.03. The predicted octanol–water partition coefficient (Wildman–Crippen LogP) is 5.31. The number of carbonyl (C=O) groups excluding carboxylic acids is 1. The molecule has 1 atom stereocenters. The fraction of sp³-hybridized carbons (Fsp3) is 0.150. The summed E-state index contributed by atoms with van der Waals surface area (Å²) in [4.78, 5) is 23.8. The summed E-state index contributed by atoms with van der Waals surface area (Å²) < 4.78 is 11.3. The second-order valence-electron chi connectivity index (χ2n) is 6.36. The number of hydrogen-bond acceptors (Lipinski definition) is 5. The topological polar surface area (TPSA) is 81.0 Å². The van der Waals surface area contributed by atoms with E-state index in [0.29, 0.717) is 44.6 Å². The van der Waals surface area contributed by atoms with Crippen molar-refractivity contribution in [3.05, 3.63) is 70.2 Å². The molecule has 0 bridgehead atoms. The van der Waals surface area contributed by atoms with Gasteiger partial charge in [0.15, 0.2) is 5.58 Å². The molecule has 2 heterocycles. The van der Waals surface area contributed by atoms with Crippen molar-refractivity contribution in [2.24, 2.45) is 0 Å². The van der Waals surface area contributed by atoms with Gasteiger partial charge in [0.05, 0.1) is 11.9 Å². The lowest BCUT2D eigenvalue weighted by Gasteiger charge is -2.12. The molecule has 6 nitrogen and oxygen atoms in total. The van der Waals surface area contributed by atoms with Crippen molar-refractivity contribution in [1.29, 1.82) is 0 Å². The fourth-order valence-electron chi connectivity index (χ4n) is 2.85. The highest BCUT2D eigenvalue weighted by Crippen LogP contribution is 2.29. The third-order valence-electron chi connectivity index (χ3n) is 4.10. The number of hydrogen-bond donors (Lipinski definition) is 1. The van der Waals surface area contributed by atoms with E-state index in [0.717, 1.165) is 5.69 Å². The summed E-state index contributed by atoms with van der Waals surface area (Å²) in [5.74, 6) is -0.0600. The number of fused-ring (bicyclic) bond motifs is 1. The first kappa shape index (κ1) is 18.5. The molecule has 2 aromatic carbocycles. The SMILES string of the molecule is CC(Cc1cnc[nH]1)OC(=O)c1ccc2nc(-c3cc(Cl)cc(Cl)c3)oc2c1. The lowest BCUT2D eigenvalue weighted by molar-refractivity contribution is 0.0341. The van der Waals surface area contributed by atoms with Gasteiger partial charge >= 0.3 is 5.97 Å². The second-order valence-corrected chi connectivity index (χ2v) is 7.23. The molecule has 1 N–H and O–H groups in total. The molecule has 0 aliphatic heterocycles. The van der Waals surface area contributed by atoms with Gasteiger partial charge in [-0.3, -0.25) is 0 Å². The molecule has 0 amide bonds. The molecule has 0 aliphatic rings. The predicted molar refractivity (Wildman–Crippen MR) is 107 cm³/mol. The van der Waals surface area contributed by atoms with Gasteiger partial charge in [0.1, 0.15) is 11.6 Å². The first-order valence-electron chi connectivity index (χ1n) is 8.53. The zero-order valence-corrected chi connectivity index (χ0v) is 16.3. The van der Waals surface area contributed by atoms with Crippen molar-refractivity contribution in [2.75, 3.05) is 0 Å². The molecule has 1 unspecified atom stereocenters. The molecular weight excluding hydrogens is 401 g/mol. The van der Waals surface area contributed by atoms with E-state index in [2.05, 4.69) is 15.0 Å². The number of aromatic nitrogens is 3. The molecule has 4 aromatic rings. The van der Waals surface area contributed by atoms with Crippen molar-refractivity contribution in [3.8, 4) is 11.5 Å². The Morgan fingerprint density at radius 2 is 2.00 bits per heavy atom. The van der Waals surface area contributed by atoms with Crippen LogP contribution in [0, 0.1) is 0 Å². The van der Waals surface area contributed by atoms with E-state index in [1.807, 2.05) is 6.92 Å². The number of carbonyl (C=O) groups is 1. The Morgan fingerprint density at radius 3 is 2.71 bits per heavy atom. The van der Waals surface area contributed by atoms with Gasteiger partial charge in [0.25, 0.3) is 0 Å². The third-order valence-corrected chi connectivity index (χ3v) is 4.54. The zero-order valence-electron chi connectivity index (χ0n) is 14.8. The number of oxazole rings is 1. The maximum absolute atomic E-state index is 12.4. The van der Waals surface area contributed by atoms with Crippen molar-refractivity contribution >= 4 is 40.3 Å². The highest BCUT2D eigenvalue weighted by atomic mass is 35.5.